The molecule has 0 spiro atoms. The van der Waals surface area contributed by atoms with Crippen molar-refractivity contribution in [3.05, 3.63) is 61.1 Å². The van der Waals surface area contributed by atoms with E-state index in [1.165, 1.54) is 0 Å². The Bertz CT molecular complexity index is 1080. The highest BCUT2D eigenvalue weighted by molar-refractivity contribution is 6.33. The number of carbonyl (C=O) groups is 1. The highest BCUT2D eigenvalue weighted by Gasteiger charge is 2.22. The number of rotatable bonds is 5. The molecule has 0 aliphatic heterocycles. The summed E-state index contributed by atoms with van der Waals surface area (Å²) < 4.78 is 40.9. The van der Waals surface area contributed by atoms with Gasteiger partial charge < -0.3 is 4.84 Å². The SMILES string of the molecule is CCC(C)=NOC(=O)c1cc(-n2c(=O)cc(C)n(C(F)F)c2=O)c(F)cc1Cl. The minimum absolute atomic E-state index is 0.0162. The lowest BCUT2D eigenvalue weighted by Gasteiger charge is -2.13. The second-order valence-electron chi connectivity index (χ2n) is 5.73. The molecular formula is C17H15ClF3N3O4. The van der Waals surface area contributed by atoms with E-state index >= 15 is 0 Å². The summed E-state index contributed by atoms with van der Waals surface area (Å²) in [4.78, 5) is 41.3. The second-order valence-corrected chi connectivity index (χ2v) is 6.14. The first-order chi connectivity index (χ1) is 13.1. The summed E-state index contributed by atoms with van der Waals surface area (Å²) in [5, 5.41) is 3.18. The lowest BCUT2D eigenvalue weighted by molar-refractivity contribution is 0.0514. The van der Waals surface area contributed by atoms with Crippen molar-refractivity contribution in [2.24, 2.45) is 5.16 Å². The molecule has 0 atom stereocenters. The summed E-state index contributed by atoms with van der Waals surface area (Å²) >= 11 is 5.84. The summed E-state index contributed by atoms with van der Waals surface area (Å²) in [6.45, 7) is 1.25. The van der Waals surface area contributed by atoms with Crippen molar-refractivity contribution in [2.45, 2.75) is 33.7 Å². The fourth-order valence-corrected chi connectivity index (χ4v) is 2.45. The summed E-state index contributed by atoms with van der Waals surface area (Å²) in [5.74, 6) is -2.24. The molecule has 0 amide bonds. The van der Waals surface area contributed by atoms with Crippen molar-refractivity contribution in [3.63, 3.8) is 0 Å². The van der Waals surface area contributed by atoms with Crippen LogP contribution in [0.15, 0.2) is 32.9 Å². The van der Waals surface area contributed by atoms with Crippen LogP contribution < -0.4 is 11.2 Å². The number of oxime groups is 1. The minimum Gasteiger partial charge on any atom is -0.313 e. The van der Waals surface area contributed by atoms with Crippen molar-refractivity contribution >= 4 is 23.3 Å². The molecule has 0 aliphatic rings. The van der Waals surface area contributed by atoms with Crippen LogP contribution in [0.3, 0.4) is 0 Å². The molecule has 1 aromatic heterocycles. The average Bonchev–Trinajstić information content (AvgIpc) is 2.60. The molecule has 7 nitrogen and oxygen atoms in total. The lowest BCUT2D eigenvalue weighted by atomic mass is 10.2. The molecule has 1 heterocycles. The maximum Gasteiger partial charge on any atom is 0.367 e. The van der Waals surface area contributed by atoms with E-state index in [4.69, 9.17) is 11.6 Å². The normalized spacial score (nSPS) is 11.8. The third kappa shape index (κ3) is 4.16. The molecule has 150 valence electrons. The molecular weight excluding hydrogens is 403 g/mol. The van der Waals surface area contributed by atoms with Crippen molar-refractivity contribution in [1.82, 2.24) is 9.13 Å². The molecule has 0 N–H and O–H groups in total. The van der Waals surface area contributed by atoms with Gasteiger partial charge in [-0.25, -0.2) is 23.1 Å². The van der Waals surface area contributed by atoms with Crippen LogP contribution in [0.5, 0.6) is 0 Å². The summed E-state index contributed by atoms with van der Waals surface area (Å²) in [7, 11) is 0. The standard InChI is InChI=1S/C17H15ClF3N3O4/c1-4-8(2)22-28-15(26)10-6-13(12(19)7-11(10)18)24-14(25)5-9(3)23(16(20)21)17(24)27/h5-7,16H,4H2,1-3H3. The second kappa shape index (κ2) is 8.42. The Hall–Kier alpha value is -2.88. The fourth-order valence-electron chi connectivity index (χ4n) is 2.22. The lowest BCUT2D eigenvalue weighted by Crippen LogP contribution is -2.40. The molecule has 0 bridgehead atoms. The number of aromatic nitrogens is 2. The van der Waals surface area contributed by atoms with Crippen LogP contribution in [0.4, 0.5) is 13.2 Å². The van der Waals surface area contributed by atoms with E-state index in [1.807, 2.05) is 0 Å². The van der Waals surface area contributed by atoms with Crippen LogP contribution >= 0.6 is 11.6 Å². The number of alkyl halides is 2. The van der Waals surface area contributed by atoms with Gasteiger partial charge >= 0.3 is 18.2 Å². The van der Waals surface area contributed by atoms with Crippen LogP contribution in [0.1, 0.15) is 42.9 Å². The van der Waals surface area contributed by atoms with E-state index in [9.17, 15) is 27.6 Å². The zero-order chi connectivity index (χ0) is 21.2. The number of benzene rings is 1. The molecule has 0 saturated carbocycles. The van der Waals surface area contributed by atoms with E-state index in [-0.39, 0.29) is 19.9 Å². The Morgan fingerprint density at radius 3 is 2.50 bits per heavy atom. The van der Waals surface area contributed by atoms with Crippen molar-refractivity contribution < 1.29 is 22.8 Å². The molecule has 1 aromatic carbocycles. The van der Waals surface area contributed by atoms with Crippen LogP contribution in [-0.4, -0.2) is 20.8 Å². The van der Waals surface area contributed by atoms with Gasteiger partial charge in [0, 0.05) is 11.8 Å². The van der Waals surface area contributed by atoms with E-state index in [0.717, 1.165) is 19.1 Å². The fraction of sp³-hybridized carbons (Fsp3) is 0.294. The van der Waals surface area contributed by atoms with Crippen molar-refractivity contribution in [3.8, 4) is 5.69 Å². The first kappa shape index (κ1) is 21.4. The molecule has 11 heteroatoms. The monoisotopic (exact) mass is 417 g/mol. The van der Waals surface area contributed by atoms with Crippen LogP contribution in [0.25, 0.3) is 5.69 Å². The topological polar surface area (TPSA) is 82.7 Å². The predicted molar refractivity (Wildman–Crippen MR) is 96.1 cm³/mol. The molecule has 0 radical (unpaired) electrons. The third-order valence-corrected chi connectivity index (χ3v) is 4.13. The van der Waals surface area contributed by atoms with Gasteiger partial charge in [-0.05, 0) is 32.4 Å². The van der Waals surface area contributed by atoms with Gasteiger partial charge in [0.2, 0.25) is 0 Å². The number of nitrogens with zero attached hydrogens (tertiary/aromatic N) is 3. The van der Waals surface area contributed by atoms with E-state index < -0.39 is 40.8 Å². The van der Waals surface area contributed by atoms with Crippen molar-refractivity contribution in [1.29, 1.82) is 0 Å². The number of halogens is 4. The van der Waals surface area contributed by atoms with E-state index in [0.29, 0.717) is 18.2 Å². The average molecular weight is 418 g/mol. The van der Waals surface area contributed by atoms with E-state index in [1.54, 1.807) is 13.8 Å². The van der Waals surface area contributed by atoms with Crippen LogP contribution in [0.2, 0.25) is 5.02 Å². The highest BCUT2D eigenvalue weighted by Crippen LogP contribution is 2.23. The van der Waals surface area contributed by atoms with Gasteiger partial charge in [-0.15, -0.1) is 0 Å². The smallest absolute Gasteiger partial charge is 0.313 e. The molecule has 0 unspecified atom stereocenters. The first-order valence-electron chi connectivity index (χ1n) is 7.96. The van der Waals surface area contributed by atoms with Gasteiger partial charge in [0.25, 0.3) is 5.56 Å². The summed E-state index contributed by atoms with van der Waals surface area (Å²) in [6, 6.07) is 2.18. The van der Waals surface area contributed by atoms with Gasteiger partial charge in [0.1, 0.15) is 5.82 Å². The summed E-state index contributed by atoms with van der Waals surface area (Å²) in [5.41, 5.74) is -3.47. The highest BCUT2D eigenvalue weighted by atomic mass is 35.5. The van der Waals surface area contributed by atoms with Gasteiger partial charge in [0.15, 0.2) is 0 Å². The summed E-state index contributed by atoms with van der Waals surface area (Å²) in [6.07, 6.45) is 0.502. The first-order valence-corrected chi connectivity index (χ1v) is 8.33. The molecule has 0 saturated heterocycles. The Balaban J connectivity index is 2.69. The van der Waals surface area contributed by atoms with Crippen LogP contribution in [0, 0.1) is 12.7 Å². The zero-order valence-electron chi connectivity index (χ0n) is 15.0. The van der Waals surface area contributed by atoms with Gasteiger partial charge in [-0.2, -0.15) is 8.78 Å². The number of hydrogen-bond acceptors (Lipinski definition) is 5. The Morgan fingerprint density at radius 1 is 1.29 bits per heavy atom. The Labute approximate surface area is 161 Å². The quantitative estimate of drug-likeness (QED) is 0.424. The number of hydrogen-bond donors (Lipinski definition) is 0. The predicted octanol–water partition coefficient (Wildman–Crippen LogP) is 3.44. The molecule has 28 heavy (non-hydrogen) atoms. The maximum absolute atomic E-state index is 14.4. The number of aryl methyl sites for hydroxylation is 1. The van der Waals surface area contributed by atoms with Gasteiger partial charge in [-0.1, -0.05) is 23.7 Å². The van der Waals surface area contributed by atoms with E-state index in [2.05, 4.69) is 9.99 Å². The molecule has 0 aliphatic carbocycles. The Kier molecular flexibility index (Phi) is 6.45. The van der Waals surface area contributed by atoms with Crippen molar-refractivity contribution in [2.75, 3.05) is 0 Å². The number of carbonyl (C=O) groups excluding carboxylic acids is 1. The van der Waals surface area contributed by atoms with Gasteiger partial charge in [0.05, 0.1) is 22.0 Å². The molecule has 0 fully saturated rings. The van der Waals surface area contributed by atoms with Crippen LogP contribution in [-0.2, 0) is 4.84 Å². The molecule has 2 aromatic rings. The molecule has 2 rings (SSSR count). The zero-order valence-corrected chi connectivity index (χ0v) is 15.8. The maximum atomic E-state index is 14.4. The third-order valence-electron chi connectivity index (χ3n) is 3.82. The van der Waals surface area contributed by atoms with Gasteiger partial charge in [-0.3, -0.25) is 4.79 Å². The Morgan fingerprint density at radius 2 is 1.93 bits per heavy atom. The largest absolute Gasteiger partial charge is 0.367 e. The minimum atomic E-state index is -3.26.